The molecule has 1 heterocycles. The van der Waals surface area contributed by atoms with Gasteiger partial charge in [-0.25, -0.2) is 0 Å². The van der Waals surface area contributed by atoms with E-state index in [2.05, 4.69) is 10.1 Å². The molecule has 2 rings (SSSR count). The van der Waals surface area contributed by atoms with E-state index >= 15 is 0 Å². The average Bonchev–Trinajstić information content (AvgIpc) is 2.67. The first-order valence-corrected chi connectivity index (χ1v) is 5.34. The van der Waals surface area contributed by atoms with E-state index in [1.807, 2.05) is 0 Å². The van der Waals surface area contributed by atoms with Gasteiger partial charge in [-0.1, -0.05) is 28.4 Å². The monoisotopic (exact) mass is 257 g/mol. The molecule has 1 atom stereocenters. The van der Waals surface area contributed by atoms with Crippen LogP contribution in [0.3, 0.4) is 0 Å². The lowest BCUT2D eigenvalue weighted by molar-refractivity contribution is 0.385. The summed E-state index contributed by atoms with van der Waals surface area (Å²) in [4.78, 5) is 4.05. The Morgan fingerprint density at radius 2 is 2.12 bits per heavy atom. The molecule has 0 spiro atoms. The Morgan fingerprint density at radius 1 is 1.38 bits per heavy atom. The zero-order valence-electron chi connectivity index (χ0n) is 8.45. The van der Waals surface area contributed by atoms with Gasteiger partial charge in [-0.05, 0) is 23.8 Å². The van der Waals surface area contributed by atoms with Crippen LogP contribution in [0.4, 0.5) is 0 Å². The maximum atomic E-state index is 6.02. The van der Waals surface area contributed by atoms with Crippen LogP contribution in [-0.4, -0.2) is 10.1 Å². The van der Waals surface area contributed by atoms with Crippen molar-refractivity contribution in [2.24, 2.45) is 5.73 Å². The van der Waals surface area contributed by atoms with Crippen molar-refractivity contribution >= 4 is 23.2 Å². The number of benzene rings is 1. The summed E-state index contributed by atoms with van der Waals surface area (Å²) in [5.74, 6) is 0.852. The summed E-state index contributed by atoms with van der Waals surface area (Å²) in [7, 11) is 0. The number of aromatic nitrogens is 2. The molecule has 0 saturated carbocycles. The van der Waals surface area contributed by atoms with Crippen LogP contribution in [0, 0.1) is 6.92 Å². The van der Waals surface area contributed by atoms with Gasteiger partial charge in [0.25, 0.3) is 0 Å². The van der Waals surface area contributed by atoms with E-state index in [1.54, 1.807) is 25.1 Å². The quantitative estimate of drug-likeness (QED) is 0.899. The van der Waals surface area contributed by atoms with E-state index in [9.17, 15) is 0 Å². The van der Waals surface area contributed by atoms with Gasteiger partial charge in [-0.3, -0.25) is 0 Å². The molecule has 4 nitrogen and oxygen atoms in total. The summed E-state index contributed by atoms with van der Waals surface area (Å²) >= 11 is 11.9. The fourth-order valence-electron chi connectivity index (χ4n) is 1.33. The fourth-order valence-corrected chi connectivity index (χ4v) is 1.75. The Hall–Kier alpha value is -1.10. The second-order valence-corrected chi connectivity index (χ2v) is 4.16. The highest BCUT2D eigenvalue weighted by molar-refractivity contribution is 6.33. The van der Waals surface area contributed by atoms with Gasteiger partial charge < -0.3 is 10.3 Å². The normalized spacial score (nSPS) is 12.8. The molecule has 84 valence electrons. The minimum Gasteiger partial charge on any atom is -0.340 e. The van der Waals surface area contributed by atoms with Gasteiger partial charge >= 0.3 is 0 Å². The maximum Gasteiger partial charge on any atom is 0.223 e. The molecular formula is C10H9Cl2N3O. The molecule has 2 aromatic rings. The highest BCUT2D eigenvalue weighted by Gasteiger charge is 2.18. The van der Waals surface area contributed by atoms with E-state index in [1.165, 1.54) is 0 Å². The van der Waals surface area contributed by atoms with E-state index in [0.717, 1.165) is 0 Å². The smallest absolute Gasteiger partial charge is 0.223 e. The SMILES string of the molecule is Cc1nc(C(N)c2cc(Cl)ccc2Cl)no1. The van der Waals surface area contributed by atoms with Gasteiger partial charge in [0.05, 0.1) is 6.04 Å². The summed E-state index contributed by atoms with van der Waals surface area (Å²) in [5, 5.41) is 4.84. The molecule has 0 aliphatic carbocycles. The van der Waals surface area contributed by atoms with Gasteiger partial charge in [0.15, 0.2) is 5.82 Å². The van der Waals surface area contributed by atoms with E-state index < -0.39 is 6.04 Å². The van der Waals surface area contributed by atoms with Gasteiger partial charge in [0, 0.05) is 17.0 Å². The number of nitrogens with zero attached hydrogens (tertiary/aromatic N) is 2. The number of hydrogen-bond donors (Lipinski definition) is 1. The van der Waals surface area contributed by atoms with Gasteiger partial charge in [-0.2, -0.15) is 4.98 Å². The van der Waals surface area contributed by atoms with Crippen molar-refractivity contribution in [1.29, 1.82) is 0 Å². The molecule has 0 aliphatic rings. The number of nitrogens with two attached hydrogens (primary N) is 1. The minimum absolute atomic E-state index is 0.390. The predicted octanol–water partition coefficient (Wildman–Crippen LogP) is 2.73. The summed E-state index contributed by atoms with van der Waals surface area (Å²) < 4.78 is 4.86. The first-order valence-electron chi connectivity index (χ1n) is 4.58. The first-order chi connectivity index (χ1) is 7.58. The van der Waals surface area contributed by atoms with Crippen molar-refractivity contribution < 1.29 is 4.52 Å². The van der Waals surface area contributed by atoms with Crippen molar-refractivity contribution in [2.75, 3.05) is 0 Å². The largest absolute Gasteiger partial charge is 0.340 e. The molecule has 1 aromatic carbocycles. The highest BCUT2D eigenvalue weighted by Crippen LogP contribution is 2.27. The first kappa shape index (κ1) is 11.4. The Bertz CT molecular complexity index is 513. The number of rotatable bonds is 2. The molecule has 0 amide bonds. The minimum atomic E-state index is -0.538. The van der Waals surface area contributed by atoms with Crippen molar-refractivity contribution in [1.82, 2.24) is 10.1 Å². The third-order valence-corrected chi connectivity index (χ3v) is 2.69. The lowest BCUT2D eigenvalue weighted by atomic mass is 10.1. The van der Waals surface area contributed by atoms with Crippen molar-refractivity contribution in [3.8, 4) is 0 Å². The molecular weight excluding hydrogens is 249 g/mol. The predicted molar refractivity (Wildman–Crippen MR) is 61.5 cm³/mol. The lowest BCUT2D eigenvalue weighted by Crippen LogP contribution is -2.14. The molecule has 1 aromatic heterocycles. The van der Waals surface area contributed by atoms with Gasteiger partial charge in [-0.15, -0.1) is 0 Å². The maximum absolute atomic E-state index is 6.02. The summed E-state index contributed by atoms with van der Waals surface area (Å²) in [5.41, 5.74) is 6.65. The van der Waals surface area contributed by atoms with Crippen LogP contribution in [0.25, 0.3) is 0 Å². The van der Waals surface area contributed by atoms with Crippen LogP contribution < -0.4 is 5.73 Å². The molecule has 16 heavy (non-hydrogen) atoms. The van der Waals surface area contributed by atoms with Crippen molar-refractivity contribution in [3.63, 3.8) is 0 Å². The van der Waals surface area contributed by atoms with E-state index in [4.69, 9.17) is 33.5 Å². The van der Waals surface area contributed by atoms with Crippen LogP contribution in [-0.2, 0) is 0 Å². The lowest BCUT2D eigenvalue weighted by Gasteiger charge is -2.09. The molecule has 0 aliphatic heterocycles. The second kappa shape index (κ2) is 4.41. The zero-order chi connectivity index (χ0) is 11.7. The van der Waals surface area contributed by atoms with Crippen LogP contribution in [0.15, 0.2) is 22.7 Å². The average molecular weight is 258 g/mol. The number of hydrogen-bond acceptors (Lipinski definition) is 4. The van der Waals surface area contributed by atoms with E-state index in [0.29, 0.717) is 27.3 Å². The topological polar surface area (TPSA) is 64.9 Å². The molecule has 6 heteroatoms. The molecule has 0 bridgehead atoms. The standard InChI is InChI=1S/C10H9Cl2N3O/c1-5-14-10(15-16-5)9(13)7-4-6(11)2-3-8(7)12/h2-4,9H,13H2,1H3. The Labute approximate surface area is 102 Å². The Kier molecular flexibility index (Phi) is 3.14. The number of halogens is 2. The Morgan fingerprint density at radius 3 is 2.75 bits per heavy atom. The molecule has 0 fully saturated rings. The van der Waals surface area contributed by atoms with Crippen molar-refractivity contribution in [3.05, 3.63) is 45.5 Å². The Balaban J connectivity index is 2.40. The highest BCUT2D eigenvalue weighted by atomic mass is 35.5. The summed E-state index contributed by atoms with van der Waals surface area (Å²) in [6.45, 7) is 1.70. The van der Waals surface area contributed by atoms with Crippen LogP contribution in [0.5, 0.6) is 0 Å². The van der Waals surface area contributed by atoms with Crippen LogP contribution >= 0.6 is 23.2 Å². The summed E-state index contributed by atoms with van der Waals surface area (Å²) in [6.07, 6.45) is 0. The van der Waals surface area contributed by atoms with Gasteiger partial charge in [0.2, 0.25) is 5.89 Å². The fraction of sp³-hybridized carbons (Fsp3) is 0.200. The van der Waals surface area contributed by atoms with Crippen LogP contribution in [0.1, 0.15) is 23.3 Å². The van der Waals surface area contributed by atoms with Crippen LogP contribution in [0.2, 0.25) is 10.0 Å². The second-order valence-electron chi connectivity index (χ2n) is 3.32. The van der Waals surface area contributed by atoms with Gasteiger partial charge in [0.1, 0.15) is 0 Å². The number of aryl methyl sites for hydroxylation is 1. The van der Waals surface area contributed by atoms with Crippen molar-refractivity contribution in [2.45, 2.75) is 13.0 Å². The summed E-state index contributed by atoms with van der Waals surface area (Å²) in [6, 6.07) is 4.54. The third-order valence-electron chi connectivity index (χ3n) is 2.11. The third kappa shape index (κ3) is 2.19. The zero-order valence-corrected chi connectivity index (χ0v) is 9.96. The molecule has 0 radical (unpaired) electrons. The molecule has 1 unspecified atom stereocenters. The molecule has 2 N–H and O–H groups in total. The molecule has 0 saturated heterocycles. The van der Waals surface area contributed by atoms with E-state index in [-0.39, 0.29) is 0 Å².